The molecule has 0 amide bonds. The maximum Gasteiger partial charge on any atom is 0.303 e. The predicted molar refractivity (Wildman–Crippen MR) is 38.2 cm³/mol. The number of aliphatic hydroxyl groups excluding tert-OH is 1. The van der Waals surface area contributed by atoms with Crippen molar-refractivity contribution in [3.63, 3.8) is 0 Å². The molecule has 0 aliphatic rings. The number of carboxylic acids is 1. The van der Waals surface area contributed by atoms with Crippen LogP contribution < -0.4 is 0 Å². The fourth-order valence-corrected chi connectivity index (χ4v) is 0.624. The summed E-state index contributed by atoms with van der Waals surface area (Å²) >= 11 is 0. The van der Waals surface area contributed by atoms with Crippen LogP contribution in [0.15, 0.2) is 0 Å². The lowest BCUT2D eigenvalue weighted by atomic mass is 10.1. The molecule has 0 spiro atoms. The van der Waals surface area contributed by atoms with Crippen LogP contribution in [0.3, 0.4) is 0 Å². The van der Waals surface area contributed by atoms with E-state index in [-0.39, 0.29) is 12.8 Å². The molecule has 0 radical (unpaired) electrons. The first-order valence-electron chi connectivity index (χ1n) is 3.50. The van der Waals surface area contributed by atoms with Crippen LogP contribution in [0.5, 0.6) is 0 Å². The van der Waals surface area contributed by atoms with Gasteiger partial charge in [0.05, 0.1) is 6.42 Å². The van der Waals surface area contributed by atoms with Crippen LogP contribution in [0.25, 0.3) is 0 Å². The first-order chi connectivity index (χ1) is 5.07. The second-order valence-corrected chi connectivity index (χ2v) is 2.28. The lowest BCUT2D eigenvalue weighted by molar-refractivity contribution is -0.139. The third-order valence-corrected chi connectivity index (χ3v) is 1.34. The van der Waals surface area contributed by atoms with Gasteiger partial charge in [0, 0.05) is 6.42 Å². The minimum absolute atomic E-state index is 0.0790. The van der Waals surface area contributed by atoms with Gasteiger partial charge in [0.2, 0.25) is 0 Å². The van der Waals surface area contributed by atoms with Gasteiger partial charge >= 0.3 is 5.97 Å². The van der Waals surface area contributed by atoms with E-state index in [4.69, 9.17) is 10.2 Å². The molecule has 0 fully saturated rings. The van der Waals surface area contributed by atoms with Crippen LogP contribution in [0.2, 0.25) is 0 Å². The first kappa shape index (κ1) is 10.1. The Bertz CT molecular complexity index is 153. The second kappa shape index (κ2) is 4.85. The fourth-order valence-electron chi connectivity index (χ4n) is 0.624. The van der Waals surface area contributed by atoms with Gasteiger partial charge in [-0.1, -0.05) is 6.92 Å². The van der Waals surface area contributed by atoms with Gasteiger partial charge in [-0.05, 0) is 6.42 Å². The van der Waals surface area contributed by atoms with Crippen molar-refractivity contribution in [3.05, 3.63) is 0 Å². The number of aliphatic hydroxyl groups is 1. The van der Waals surface area contributed by atoms with Gasteiger partial charge in [-0.15, -0.1) is 0 Å². The van der Waals surface area contributed by atoms with Crippen molar-refractivity contribution in [2.45, 2.75) is 32.3 Å². The number of Topliss-reactive ketones (excluding diaryl/α,β-unsaturated/α-hetero) is 1. The SMILES string of the molecule is CC[C@@H](O)C(=O)CCC(=O)O. The molecule has 0 aliphatic carbocycles. The maximum absolute atomic E-state index is 10.8. The van der Waals surface area contributed by atoms with E-state index < -0.39 is 17.9 Å². The third kappa shape index (κ3) is 4.50. The molecular formula is C7H12O4. The summed E-state index contributed by atoms with van der Waals surface area (Å²) in [6.45, 7) is 1.67. The zero-order valence-corrected chi connectivity index (χ0v) is 6.41. The van der Waals surface area contributed by atoms with E-state index in [0.29, 0.717) is 6.42 Å². The highest BCUT2D eigenvalue weighted by atomic mass is 16.4. The number of ketones is 1. The van der Waals surface area contributed by atoms with Crippen molar-refractivity contribution in [2.75, 3.05) is 0 Å². The van der Waals surface area contributed by atoms with Crippen molar-refractivity contribution in [2.24, 2.45) is 0 Å². The molecule has 0 saturated carbocycles. The average Bonchev–Trinajstić information content (AvgIpc) is 1.98. The summed E-state index contributed by atoms with van der Waals surface area (Å²) in [6.07, 6.45) is -0.923. The zero-order chi connectivity index (χ0) is 8.85. The number of aliphatic carboxylic acids is 1. The number of carbonyl (C=O) groups excluding carboxylic acids is 1. The normalized spacial score (nSPS) is 12.5. The topological polar surface area (TPSA) is 74.6 Å². The van der Waals surface area contributed by atoms with Crippen molar-refractivity contribution >= 4 is 11.8 Å². The molecule has 0 heterocycles. The number of carbonyl (C=O) groups is 2. The highest BCUT2D eigenvalue weighted by Gasteiger charge is 2.13. The molecule has 0 aliphatic heterocycles. The quantitative estimate of drug-likeness (QED) is 0.602. The van der Waals surface area contributed by atoms with E-state index in [9.17, 15) is 9.59 Å². The van der Waals surface area contributed by atoms with Gasteiger partial charge in [0.15, 0.2) is 5.78 Å². The Morgan fingerprint density at radius 2 is 1.91 bits per heavy atom. The zero-order valence-electron chi connectivity index (χ0n) is 6.41. The van der Waals surface area contributed by atoms with Gasteiger partial charge < -0.3 is 10.2 Å². The molecule has 4 heteroatoms. The van der Waals surface area contributed by atoms with E-state index in [1.54, 1.807) is 6.92 Å². The van der Waals surface area contributed by atoms with Crippen LogP contribution in [0, 0.1) is 0 Å². The number of carboxylic acid groups (broad SMARTS) is 1. The van der Waals surface area contributed by atoms with E-state index in [2.05, 4.69) is 0 Å². The van der Waals surface area contributed by atoms with Crippen molar-refractivity contribution in [1.82, 2.24) is 0 Å². The van der Waals surface area contributed by atoms with E-state index in [1.165, 1.54) is 0 Å². The number of rotatable bonds is 5. The molecule has 0 unspecified atom stereocenters. The summed E-state index contributed by atoms with van der Waals surface area (Å²) in [7, 11) is 0. The standard InChI is InChI=1S/C7H12O4/c1-2-5(8)6(9)3-4-7(10)11/h5,8H,2-4H2,1H3,(H,10,11)/t5-/m1/s1. The Hall–Kier alpha value is -0.900. The Kier molecular flexibility index (Phi) is 4.45. The summed E-state index contributed by atoms with van der Waals surface area (Å²) in [6, 6.07) is 0. The Labute approximate surface area is 64.8 Å². The highest BCUT2D eigenvalue weighted by Crippen LogP contribution is 1.99. The summed E-state index contributed by atoms with van der Waals surface area (Å²) in [4.78, 5) is 20.7. The van der Waals surface area contributed by atoms with Crippen LogP contribution in [0.4, 0.5) is 0 Å². The second-order valence-electron chi connectivity index (χ2n) is 2.28. The molecule has 11 heavy (non-hydrogen) atoms. The highest BCUT2D eigenvalue weighted by molar-refractivity contribution is 5.85. The van der Waals surface area contributed by atoms with Gasteiger partial charge in [0.25, 0.3) is 0 Å². The molecule has 4 nitrogen and oxygen atoms in total. The molecule has 0 saturated heterocycles. The largest absolute Gasteiger partial charge is 0.481 e. The van der Waals surface area contributed by atoms with Crippen molar-refractivity contribution < 1.29 is 19.8 Å². The molecule has 2 N–H and O–H groups in total. The predicted octanol–water partition coefficient (Wildman–Crippen LogP) is 0.191. The van der Waals surface area contributed by atoms with E-state index in [0.717, 1.165) is 0 Å². The Morgan fingerprint density at radius 1 is 1.36 bits per heavy atom. The molecule has 0 bridgehead atoms. The average molecular weight is 160 g/mol. The first-order valence-corrected chi connectivity index (χ1v) is 3.50. The van der Waals surface area contributed by atoms with Crippen molar-refractivity contribution in [1.29, 1.82) is 0 Å². The minimum atomic E-state index is -1.01. The lowest BCUT2D eigenvalue weighted by Crippen LogP contribution is -2.19. The molecule has 0 aromatic rings. The van der Waals surface area contributed by atoms with Crippen LogP contribution in [-0.2, 0) is 9.59 Å². The molecule has 0 rings (SSSR count). The number of hydrogen-bond donors (Lipinski definition) is 2. The molecule has 1 atom stereocenters. The van der Waals surface area contributed by atoms with Crippen molar-refractivity contribution in [3.8, 4) is 0 Å². The number of hydrogen-bond acceptors (Lipinski definition) is 3. The molecule has 64 valence electrons. The minimum Gasteiger partial charge on any atom is -0.481 e. The van der Waals surface area contributed by atoms with Gasteiger partial charge in [-0.2, -0.15) is 0 Å². The Morgan fingerprint density at radius 3 is 2.27 bits per heavy atom. The molecule has 0 aromatic carbocycles. The molecular weight excluding hydrogens is 148 g/mol. The van der Waals surface area contributed by atoms with Gasteiger partial charge in [-0.25, -0.2) is 0 Å². The maximum atomic E-state index is 10.8. The van der Waals surface area contributed by atoms with Crippen LogP contribution >= 0.6 is 0 Å². The summed E-state index contributed by atoms with van der Waals surface area (Å²) in [5.41, 5.74) is 0. The summed E-state index contributed by atoms with van der Waals surface area (Å²) in [5.74, 6) is -1.41. The Balaban J connectivity index is 3.60. The van der Waals surface area contributed by atoms with E-state index in [1.807, 2.05) is 0 Å². The van der Waals surface area contributed by atoms with Crippen LogP contribution in [-0.4, -0.2) is 28.1 Å². The van der Waals surface area contributed by atoms with Gasteiger partial charge in [0.1, 0.15) is 6.10 Å². The monoisotopic (exact) mass is 160 g/mol. The summed E-state index contributed by atoms with van der Waals surface area (Å²) < 4.78 is 0. The van der Waals surface area contributed by atoms with Crippen LogP contribution in [0.1, 0.15) is 26.2 Å². The molecule has 0 aromatic heterocycles. The smallest absolute Gasteiger partial charge is 0.303 e. The third-order valence-electron chi connectivity index (χ3n) is 1.34. The lowest BCUT2D eigenvalue weighted by Gasteiger charge is -2.03. The fraction of sp³-hybridized carbons (Fsp3) is 0.714. The van der Waals surface area contributed by atoms with Gasteiger partial charge in [-0.3, -0.25) is 9.59 Å². The summed E-state index contributed by atoms with van der Waals surface area (Å²) in [5, 5.41) is 17.1. The van der Waals surface area contributed by atoms with E-state index >= 15 is 0 Å².